The van der Waals surface area contributed by atoms with Crippen LogP contribution >= 0.6 is 0 Å². The quantitative estimate of drug-likeness (QED) is 0.338. The van der Waals surface area contributed by atoms with E-state index >= 15 is 0 Å². The second kappa shape index (κ2) is 6.43. The standard InChI is InChI=1S/C14H14O3/c1-3-6-12(14(16)17-2)9-11-7-4-5-8-13(11)10-15/h3-5,7-10H,1,6H2,2H3/b12-9+. The van der Waals surface area contributed by atoms with Crippen LogP contribution in [0.1, 0.15) is 22.3 Å². The minimum absolute atomic E-state index is 0.403. The largest absolute Gasteiger partial charge is 0.466 e. The summed E-state index contributed by atoms with van der Waals surface area (Å²) in [6, 6.07) is 7.05. The molecule has 0 saturated carbocycles. The van der Waals surface area contributed by atoms with Crippen LogP contribution in [-0.2, 0) is 9.53 Å². The molecule has 0 aromatic heterocycles. The van der Waals surface area contributed by atoms with Gasteiger partial charge in [-0.3, -0.25) is 4.79 Å². The van der Waals surface area contributed by atoms with E-state index < -0.39 is 5.97 Å². The zero-order valence-electron chi connectivity index (χ0n) is 9.68. The molecule has 0 aliphatic rings. The third-order valence-electron chi connectivity index (χ3n) is 2.26. The van der Waals surface area contributed by atoms with Crippen molar-refractivity contribution in [1.29, 1.82) is 0 Å². The van der Waals surface area contributed by atoms with Crippen LogP contribution in [0.3, 0.4) is 0 Å². The maximum atomic E-state index is 11.5. The lowest BCUT2D eigenvalue weighted by molar-refractivity contribution is -0.136. The lowest BCUT2D eigenvalue weighted by atomic mass is 10.0. The normalized spacial score (nSPS) is 10.8. The molecule has 0 aliphatic heterocycles. The van der Waals surface area contributed by atoms with Crippen LogP contribution < -0.4 is 0 Å². The molecular formula is C14H14O3. The van der Waals surface area contributed by atoms with Crippen LogP contribution in [0.4, 0.5) is 0 Å². The average Bonchev–Trinajstić information content (AvgIpc) is 2.38. The molecule has 88 valence electrons. The lowest BCUT2D eigenvalue weighted by Gasteiger charge is -2.04. The Kier molecular flexibility index (Phi) is 4.88. The number of methoxy groups -OCH3 is 1. The summed E-state index contributed by atoms with van der Waals surface area (Å²) in [5, 5.41) is 0. The van der Waals surface area contributed by atoms with Crippen molar-refractivity contribution in [2.24, 2.45) is 0 Å². The molecule has 0 bridgehead atoms. The molecule has 0 spiro atoms. The zero-order valence-corrected chi connectivity index (χ0v) is 9.68. The maximum Gasteiger partial charge on any atom is 0.334 e. The number of carbonyl (C=O) groups excluding carboxylic acids is 2. The molecule has 0 saturated heterocycles. The van der Waals surface area contributed by atoms with Crippen LogP contribution in [0.15, 0.2) is 42.5 Å². The summed E-state index contributed by atoms with van der Waals surface area (Å²) in [4.78, 5) is 22.3. The number of hydrogen-bond donors (Lipinski definition) is 0. The summed E-state index contributed by atoms with van der Waals surface area (Å²) in [7, 11) is 1.32. The second-order valence-corrected chi connectivity index (χ2v) is 3.40. The monoisotopic (exact) mass is 230 g/mol. The first kappa shape index (κ1) is 12.9. The van der Waals surface area contributed by atoms with Gasteiger partial charge < -0.3 is 4.74 Å². The highest BCUT2D eigenvalue weighted by Gasteiger charge is 2.08. The first-order valence-corrected chi connectivity index (χ1v) is 5.17. The number of ether oxygens (including phenoxy) is 1. The Morgan fingerprint density at radius 2 is 2.00 bits per heavy atom. The molecule has 1 aromatic rings. The fraction of sp³-hybridized carbons (Fsp3) is 0.143. The summed E-state index contributed by atoms with van der Waals surface area (Å²) in [5.74, 6) is -0.411. The molecule has 17 heavy (non-hydrogen) atoms. The van der Waals surface area contributed by atoms with Gasteiger partial charge in [0.05, 0.1) is 7.11 Å². The van der Waals surface area contributed by atoms with Crippen molar-refractivity contribution >= 4 is 18.3 Å². The van der Waals surface area contributed by atoms with Crippen LogP contribution in [-0.4, -0.2) is 19.4 Å². The van der Waals surface area contributed by atoms with Crippen molar-refractivity contribution in [2.45, 2.75) is 6.42 Å². The van der Waals surface area contributed by atoms with Gasteiger partial charge >= 0.3 is 5.97 Å². The van der Waals surface area contributed by atoms with Crippen LogP contribution in [0.5, 0.6) is 0 Å². The van der Waals surface area contributed by atoms with Gasteiger partial charge in [0.25, 0.3) is 0 Å². The lowest BCUT2D eigenvalue weighted by Crippen LogP contribution is -2.04. The number of rotatable bonds is 5. The molecule has 0 N–H and O–H groups in total. The first-order valence-electron chi connectivity index (χ1n) is 5.17. The predicted molar refractivity (Wildman–Crippen MR) is 66.6 cm³/mol. The summed E-state index contributed by atoms with van der Waals surface area (Å²) in [6.07, 6.45) is 4.43. The van der Waals surface area contributed by atoms with Crippen molar-refractivity contribution in [3.8, 4) is 0 Å². The topological polar surface area (TPSA) is 43.4 Å². The van der Waals surface area contributed by atoms with E-state index in [1.54, 1.807) is 30.4 Å². The Morgan fingerprint density at radius 3 is 2.53 bits per heavy atom. The molecule has 0 atom stereocenters. The zero-order chi connectivity index (χ0) is 12.7. The summed E-state index contributed by atoms with van der Waals surface area (Å²) in [5.41, 5.74) is 1.71. The highest BCUT2D eigenvalue weighted by atomic mass is 16.5. The molecule has 0 unspecified atom stereocenters. The van der Waals surface area contributed by atoms with E-state index in [9.17, 15) is 9.59 Å². The minimum atomic E-state index is -0.411. The molecule has 0 amide bonds. The van der Waals surface area contributed by atoms with Gasteiger partial charge in [0.2, 0.25) is 0 Å². The second-order valence-electron chi connectivity index (χ2n) is 3.40. The van der Waals surface area contributed by atoms with E-state index in [0.29, 0.717) is 23.1 Å². The SMILES string of the molecule is C=CC/C(=C\c1ccccc1C=O)C(=O)OC. The van der Waals surface area contributed by atoms with E-state index in [2.05, 4.69) is 11.3 Å². The minimum Gasteiger partial charge on any atom is -0.466 e. The number of hydrogen-bond acceptors (Lipinski definition) is 3. The van der Waals surface area contributed by atoms with Gasteiger partial charge in [0.15, 0.2) is 6.29 Å². The molecular weight excluding hydrogens is 216 g/mol. The Balaban J connectivity index is 3.16. The highest BCUT2D eigenvalue weighted by Crippen LogP contribution is 2.14. The van der Waals surface area contributed by atoms with Crippen molar-refractivity contribution < 1.29 is 14.3 Å². The Hall–Kier alpha value is -2.16. The summed E-state index contributed by atoms with van der Waals surface area (Å²) >= 11 is 0. The van der Waals surface area contributed by atoms with E-state index in [0.717, 1.165) is 6.29 Å². The van der Waals surface area contributed by atoms with Crippen molar-refractivity contribution in [1.82, 2.24) is 0 Å². The molecule has 3 nitrogen and oxygen atoms in total. The van der Waals surface area contributed by atoms with Crippen molar-refractivity contribution in [2.75, 3.05) is 7.11 Å². The third kappa shape index (κ3) is 3.41. The van der Waals surface area contributed by atoms with Crippen LogP contribution in [0.25, 0.3) is 6.08 Å². The summed E-state index contributed by atoms with van der Waals surface area (Å²) in [6.45, 7) is 3.58. The van der Waals surface area contributed by atoms with Crippen LogP contribution in [0, 0.1) is 0 Å². The fourth-order valence-electron chi connectivity index (χ4n) is 1.43. The van der Waals surface area contributed by atoms with Gasteiger partial charge in [-0.1, -0.05) is 30.3 Å². The Bertz CT molecular complexity index is 458. The molecule has 0 radical (unpaired) electrons. The molecule has 0 fully saturated rings. The highest BCUT2D eigenvalue weighted by molar-refractivity contribution is 5.95. The third-order valence-corrected chi connectivity index (χ3v) is 2.26. The van der Waals surface area contributed by atoms with Crippen LogP contribution in [0.2, 0.25) is 0 Å². The van der Waals surface area contributed by atoms with Crippen molar-refractivity contribution in [3.63, 3.8) is 0 Å². The maximum absolute atomic E-state index is 11.5. The Morgan fingerprint density at radius 1 is 1.35 bits per heavy atom. The van der Waals surface area contributed by atoms with E-state index in [1.807, 2.05) is 6.07 Å². The Labute approximate surface area is 100 Å². The van der Waals surface area contributed by atoms with Gasteiger partial charge in [-0.05, 0) is 18.1 Å². The first-order chi connectivity index (χ1) is 8.22. The smallest absolute Gasteiger partial charge is 0.334 e. The van der Waals surface area contributed by atoms with Gasteiger partial charge in [-0.2, -0.15) is 0 Å². The number of esters is 1. The van der Waals surface area contributed by atoms with Gasteiger partial charge in [0, 0.05) is 11.1 Å². The summed E-state index contributed by atoms with van der Waals surface area (Å²) < 4.78 is 4.67. The van der Waals surface area contributed by atoms with Crippen molar-refractivity contribution in [3.05, 3.63) is 53.6 Å². The van der Waals surface area contributed by atoms with Gasteiger partial charge in [-0.25, -0.2) is 4.79 Å². The number of benzene rings is 1. The number of carbonyl (C=O) groups is 2. The molecule has 0 aliphatic carbocycles. The van der Waals surface area contributed by atoms with E-state index in [-0.39, 0.29) is 0 Å². The average molecular weight is 230 g/mol. The van der Waals surface area contributed by atoms with E-state index in [4.69, 9.17) is 0 Å². The number of aldehydes is 1. The fourth-order valence-corrected chi connectivity index (χ4v) is 1.43. The van der Waals surface area contributed by atoms with Gasteiger partial charge in [0.1, 0.15) is 0 Å². The predicted octanol–water partition coefficient (Wildman–Crippen LogP) is 2.63. The number of allylic oxidation sites excluding steroid dienone is 1. The van der Waals surface area contributed by atoms with E-state index in [1.165, 1.54) is 7.11 Å². The van der Waals surface area contributed by atoms with Gasteiger partial charge in [-0.15, -0.1) is 6.58 Å². The molecule has 3 heteroatoms. The molecule has 1 rings (SSSR count). The molecule has 1 aromatic carbocycles. The molecule has 0 heterocycles.